The van der Waals surface area contributed by atoms with E-state index in [1.807, 2.05) is 6.07 Å². The lowest BCUT2D eigenvalue weighted by molar-refractivity contribution is -0.136. The number of ether oxygens (including phenoxy) is 3. The number of benzene rings is 1. The Labute approximate surface area is 194 Å². The minimum absolute atomic E-state index is 0.0743. The van der Waals surface area contributed by atoms with E-state index in [4.69, 9.17) is 14.2 Å². The molecular formula is C22H26N4O6S. The van der Waals surface area contributed by atoms with Crippen LogP contribution in [0.5, 0.6) is 0 Å². The zero-order valence-corrected chi connectivity index (χ0v) is 19.5. The third kappa shape index (κ3) is 7.28. The molecule has 2 rings (SSSR count). The summed E-state index contributed by atoms with van der Waals surface area (Å²) in [6, 6.07) is 8.71. The summed E-state index contributed by atoms with van der Waals surface area (Å²) in [4.78, 5) is 36.6. The van der Waals surface area contributed by atoms with E-state index in [1.54, 1.807) is 45.2 Å². The maximum atomic E-state index is 12.7. The van der Waals surface area contributed by atoms with Crippen molar-refractivity contribution in [1.82, 2.24) is 4.57 Å². The highest BCUT2D eigenvalue weighted by Crippen LogP contribution is 2.13. The number of hydrogen-bond donors (Lipinski definition) is 2. The predicted octanol–water partition coefficient (Wildman–Crippen LogP) is 0.619. The summed E-state index contributed by atoms with van der Waals surface area (Å²) in [5.74, 6) is -1.04. The largest absolute Gasteiger partial charge is 0.462 e. The Morgan fingerprint density at radius 1 is 1.18 bits per heavy atom. The van der Waals surface area contributed by atoms with Crippen LogP contribution in [0, 0.1) is 11.3 Å². The minimum Gasteiger partial charge on any atom is -0.462 e. The topological polar surface area (TPSA) is 132 Å². The van der Waals surface area contributed by atoms with Gasteiger partial charge in [0.05, 0.1) is 19.8 Å². The first-order chi connectivity index (χ1) is 15.9. The van der Waals surface area contributed by atoms with Gasteiger partial charge in [-0.2, -0.15) is 5.26 Å². The third-order valence-corrected chi connectivity index (χ3v) is 5.36. The fraction of sp³-hybridized carbons (Fsp3) is 0.364. The molecule has 11 heteroatoms. The van der Waals surface area contributed by atoms with Gasteiger partial charge in [0.25, 0.3) is 5.56 Å². The predicted molar refractivity (Wildman–Crippen MR) is 125 cm³/mol. The molecule has 0 saturated carbocycles. The highest BCUT2D eigenvalue weighted by molar-refractivity contribution is 7.07. The normalized spacial score (nSPS) is 12.1. The molecule has 0 saturated heterocycles. The number of esters is 1. The van der Waals surface area contributed by atoms with E-state index in [2.05, 4.69) is 10.6 Å². The zero-order valence-electron chi connectivity index (χ0n) is 18.7. The molecule has 1 amide bonds. The third-order valence-electron chi connectivity index (χ3n) is 4.23. The second-order valence-electron chi connectivity index (χ2n) is 6.49. The van der Waals surface area contributed by atoms with Gasteiger partial charge in [-0.3, -0.25) is 14.2 Å². The van der Waals surface area contributed by atoms with Crippen LogP contribution in [-0.2, 0) is 30.3 Å². The van der Waals surface area contributed by atoms with Crippen molar-refractivity contribution in [2.24, 2.45) is 0 Å². The van der Waals surface area contributed by atoms with Crippen molar-refractivity contribution >= 4 is 46.4 Å². The highest BCUT2D eigenvalue weighted by atomic mass is 32.1. The Hall–Kier alpha value is -3.46. The number of anilines is 2. The molecular weight excluding hydrogens is 448 g/mol. The molecule has 0 aliphatic rings. The van der Waals surface area contributed by atoms with Crippen LogP contribution in [0.1, 0.15) is 13.8 Å². The molecule has 2 N–H and O–H groups in total. The van der Waals surface area contributed by atoms with Gasteiger partial charge in [-0.25, -0.2) is 4.79 Å². The minimum atomic E-state index is -0.760. The van der Waals surface area contributed by atoms with Crippen LogP contribution in [0.4, 0.5) is 11.4 Å². The number of carbonyl (C=O) groups excluding carboxylic acids is 2. The average Bonchev–Trinajstić information content (AvgIpc) is 3.12. The Bertz CT molecular complexity index is 1180. The molecule has 176 valence electrons. The molecule has 0 fully saturated rings. The van der Waals surface area contributed by atoms with Gasteiger partial charge in [-0.05, 0) is 38.1 Å². The number of nitrogens with zero attached hydrogens (tertiary/aromatic N) is 2. The van der Waals surface area contributed by atoms with Gasteiger partial charge in [0, 0.05) is 31.2 Å². The van der Waals surface area contributed by atoms with Crippen LogP contribution in [0.3, 0.4) is 0 Å². The number of rotatable bonds is 11. The second kappa shape index (κ2) is 13.2. The summed E-state index contributed by atoms with van der Waals surface area (Å²) < 4.78 is 16.9. The first-order valence-electron chi connectivity index (χ1n) is 10.2. The maximum absolute atomic E-state index is 12.7. The standard InChI is InChI=1S/C22H26N4O6S/c1-4-26-20(28)18(33-21(26)17(12-23)22(29)32-5-2)13-24-15-6-8-16(9-7-15)25-19(27)14-31-11-10-30-3/h6-9,13,24H,4-5,10-11,14H2,1-3H3,(H,25,27)/b18-13+,21-17-. The van der Waals surface area contributed by atoms with Crippen LogP contribution in [0.25, 0.3) is 11.8 Å². The first-order valence-corrected chi connectivity index (χ1v) is 11.0. The lowest BCUT2D eigenvalue weighted by atomic mass is 10.3. The van der Waals surface area contributed by atoms with Crippen molar-refractivity contribution < 1.29 is 23.8 Å². The molecule has 0 spiro atoms. The van der Waals surface area contributed by atoms with Gasteiger partial charge >= 0.3 is 5.97 Å². The molecule has 0 aliphatic heterocycles. The summed E-state index contributed by atoms with van der Waals surface area (Å²) >= 11 is 1.03. The molecule has 1 aromatic heterocycles. The smallest absolute Gasteiger partial charge is 0.351 e. The molecule has 0 radical (unpaired) electrons. The molecule has 0 atom stereocenters. The van der Waals surface area contributed by atoms with Crippen molar-refractivity contribution in [1.29, 1.82) is 5.26 Å². The molecule has 0 bridgehead atoms. The van der Waals surface area contributed by atoms with Crippen molar-refractivity contribution in [2.45, 2.75) is 20.4 Å². The van der Waals surface area contributed by atoms with Gasteiger partial charge in [0.1, 0.15) is 21.9 Å². The monoisotopic (exact) mass is 474 g/mol. The van der Waals surface area contributed by atoms with Gasteiger partial charge < -0.3 is 24.8 Å². The van der Waals surface area contributed by atoms with E-state index < -0.39 is 5.97 Å². The summed E-state index contributed by atoms with van der Waals surface area (Å²) in [5, 5.41) is 15.1. The maximum Gasteiger partial charge on any atom is 0.351 e. The molecule has 1 heterocycles. The Morgan fingerprint density at radius 3 is 2.48 bits per heavy atom. The van der Waals surface area contributed by atoms with E-state index in [0.717, 1.165) is 11.3 Å². The molecule has 2 aromatic rings. The van der Waals surface area contributed by atoms with Crippen molar-refractivity contribution in [3.63, 3.8) is 0 Å². The van der Waals surface area contributed by atoms with Gasteiger partial charge in [0.15, 0.2) is 5.57 Å². The summed E-state index contributed by atoms with van der Waals surface area (Å²) in [6.07, 6.45) is 1.51. The van der Waals surface area contributed by atoms with Crippen LogP contribution in [-0.4, -0.2) is 50.0 Å². The van der Waals surface area contributed by atoms with Gasteiger partial charge in [-0.1, -0.05) is 0 Å². The summed E-state index contributed by atoms with van der Waals surface area (Å²) in [6.45, 7) is 4.50. The van der Waals surface area contributed by atoms with E-state index in [1.165, 1.54) is 10.8 Å². The number of aromatic nitrogens is 1. The Balaban J connectivity index is 2.17. The molecule has 33 heavy (non-hydrogen) atoms. The summed E-state index contributed by atoms with van der Waals surface area (Å²) in [7, 11) is 1.55. The molecule has 10 nitrogen and oxygen atoms in total. The van der Waals surface area contributed by atoms with E-state index in [-0.39, 0.29) is 34.9 Å². The van der Waals surface area contributed by atoms with E-state index in [9.17, 15) is 19.6 Å². The average molecular weight is 475 g/mol. The number of nitriles is 1. The van der Waals surface area contributed by atoms with Crippen LogP contribution >= 0.6 is 11.3 Å². The van der Waals surface area contributed by atoms with Gasteiger partial charge in [-0.15, -0.1) is 11.3 Å². The van der Waals surface area contributed by atoms with Crippen molar-refractivity contribution in [3.8, 4) is 6.07 Å². The van der Waals surface area contributed by atoms with Crippen molar-refractivity contribution in [2.75, 3.05) is 44.2 Å². The fourth-order valence-corrected chi connectivity index (χ4v) is 3.76. The second-order valence-corrected chi connectivity index (χ2v) is 7.52. The lowest BCUT2D eigenvalue weighted by Gasteiger charge is -2.07. The number of nitrogens with one attached hydrogen (secondary N) is 2. The number of carbonyl (C=O) groups is 2. The van der Waals surface area contributed by atoms with Gasteiger partial charge in [0.2, 0.25) is 5.91 Å². The molecule has 0 unspecified atom stereocenters. The lowest BCUT2D eigenvalue weighted by Crippen LogP contribution is -2.32. The Kier molecular flexibility index (Phi) is 10.3. The number of methoxy groups -OCH3 is 1. The molecule has 1 aromatic carbocycles. The van der Waals surface area contributed by atoms with Crippen molar-refractivity contribution in [3.05, 3.63) is 43.8 Å². The van der Waals surface area contributed by atoms with Crippen LogP contribution in [0.15, 0.2) is 29.1 Å². The Morgan fingerprint density at radius 2 is 1.88 bits per heavy atom. The summed E-state index contributed by atoms with van der Waals surface area (Å²) in [5.41, 5.74) is 0.748. The number of thiazole rings is 1. The number of hydrogen-bond acceptors (Lipinski definition) is 9. The number of amides is 1. The highest BCUT2D eigenvalue weighted by Gasteiger charge is 2.16. The SMILES string of the molecule is CCOC(=O)/C(C#N)=c1\s/c(=C/Nc2ccc(NC(=O)COCCOC)cc2)c(=O)n1CC. The fourth-order valence-electron chi connectivity index (χ4n) is 2.68. The first kappa shape index (κ1) is 25.8. The van der Waals surface area contributed by atoms with E-state index >= 15 is 0 Å². The zero-order chi connectivity index (χ0) is 24.2. The van der Waals surface area contributed by atoms with E-state index in [0.29, 0.717) is 35.7 Å². The van der Waals surface area contributed by atoms with Crippen LogP contribution < -0.4 is 25.4 Å². The van der Waals surface area contributed by atoms with Crippen LogP contribution in [0.2, 0.25) is 0 Å². The molecule has 0 aliphatic carbocycles. The quantitative estimate of drug-likeness (QED) is 0.358.